The average Bonchev–Trinajstić information content (AvgIpc) is 2.94. The van der Waals surface area contributed by atoms with E-state index in [2.05, 4.69) is 0 Å². The van der Waals surface area contributed by atoms with Gasteiger partial charge in [0.2, 0.25) is 5.91 Å². The van der Waals surface area contributed by atoms with E-state index in [0.29, 0.717) is 18.9 Å². The van der Waals surface area contributed by atoms with Crippen molar-refractivity contribution in [2.45, 2.75) is 38.6 Å². The number of carbonyl (C=O) groups excluding carboxylic acids is 1. The molecule has 0 bridgehead atoms. The first kappa shape index (κ1) is 10.5. The van der Waals surface area contributed by atoms with Crippen LogP contribution in [0.3, 0.4) is 0 Å². The van der Waals surface area contributed by atoms with E-state index in [9.17, 15) is 9.59 Å². The first-order valence-electron chi connectivity index (χ1n) is 5.64. The van der Waals surface area contributed by atoms with Crippen molar-refractivity contribution >= 4 is 11.9 Å². The zero-order valence-electron chi connectivity index (χ0n) is 8.98. The monoisotopic (exact) mass is 211 g/mol. The van der Waals surface area contributed by atoms with Crippen molar-refractivity contribution in [1.29, 1.82) is 0 Å². The molecule has 1 N–H and O–H groups in total. The van der Waals surface area contributed by atoms with Gasteiger partial charge in [-0.25, -0.2) is 4.79 Å². The van der Waals surface area contributed by atoms with Gasteiger partial charge in [-0.05, 0) is 31.6 Å². The minimum atomic E-state index is -0.851. The molecule has 0 aromatic rings. The fourth-order valence-electron chi connectivity index (χ4n) is 2.33. The maximum absolute atomic E-state index is 11.9. The zero-order chi connectivity index (χ0) is 11.0. The van der Waals surface area contributed by atoms with Crippen LogP contribution in [0.2, 0.25) is 0 Å². The van der Waals surface area contributed by atoms with Crippen LogP contribution in [0.1, 0.15) is 32.6 Å². The molecule has 3 atom stereocenters. The Labute approximate surface area is 89.3 Å². The normalized spacial score (nSPS) is 35.0. The van der Waals surface area contributed by atoms with Crippen molar-refractivity contribution in [3.63, 3.8) is 0 Å². The highest BCUT2D eigenvalue weighted by molar-refractivity contribution is 5.87. The van der Waals surface area contributed by atoms with Gasteiger partial charge in [-0.1, -0.05) is 6.92 Å². The number of hydrogen-bond acceptors (Lipinski definition) is 2. The fourth-order valence-corrected chi connectivity index (χ4v) is 2.33. The second kappa shape index (κ2) is 3.83. The molecule has 0 unspecified atom stereocenters. The van der Waals surface area contributed by atoms with Crippen LogP contribution in [0.4, 0.5) is 0 Å². The van der Waals surface area contributed by atoms with Crippen molar-refractivity contribution in [3.8, 4) is 0 Å². The number of amides is 1. The smallest absolute Gasteiger partial charge is 0.326 e. The summed E-state index contributed by atoms with van der Waals surface area (Å²) in [4.78, 5) is 24.5. The van der Waals surface area contributed by atoms with Gasteiger partial charge in [-0.2, -0.15) is 0 Å². The summed E-state index contributed by atoms with van der Waals surface area (Å²) in [5, 5.41) is 9.03. The van der Waals surface area contributed by atoms with Gasteiger partial charge in [0.1, 0.15) is 6.04 Å². The third kappa shape index (κ3) is 1.98. The van der Waals surface area contributed by atoms with Crippen molar-refractivity contribution in [3.05, 3.63) is 0 Å². The number of carbonyl (C=O) groups is 2. The molecule has 0 aromatic heterocycles. The van der Waals surface area contributed by atoms with Gasteiger partial charge < -0.3 is 10.0 Å². The summed E-state index contributed by atoms with van der Waals surface area (Å²) in [5.41, 5.74) is 0. The fraction of sp³-hybridized carbons (Fsp3) is 0.818. The molecule has 0 aromatic carbocycles. The number of hydrogen-bond donors (Lipinski definition) is 1. The number of rotatable bonds is 2. The highest BCUT2D eigenvalue weighted by Crippen LogP contribution is 2.40. The highest BCUT2D eigenvalue weighted by Gasteiger charge is 2.44. The molecule has 1 saturated carbocycles. The van der Waals surface area contributed by atoms with Gasteiger partial charge in [-0.15, -0.1) is 0 Å². The number of nitrogens with zero attached hydrogens (tertiary/aromatic N) is 1. The molecule has 2 fully saturated rings. The van der Waals surface area contributed by atoms with Crippen LogP contribution in [0, 0.1) is 11.8 Å². The average molecular weight is 211 g/mol. The molecule has 0 radical (unpaired) electrons. The molecule has 4 heteroatoms. The predicted octanol–water partition coefficient (Wildman–Crippen LogP) is 1.11. The summed E-state index contributed by atoms with van der Waals surface area (Å²) in [7, 11) is 0. The summed E-state index contributed by atoms with van der Waals surface area (Å²) in [6.45, 7) is 2.67. The molecule has 1 amide bonds. The van der Waals surface area contributed by atoms with E-state index in [0.717, 1.165) is 19.3 Å². The molecule has 84 valence electrons. The second-order valence-electron chi connectivity index (χ2n) is 4.70. The Morgan fingerprint density at radius 3 is 2.53 bits per heavy atom. The number of likely N-dealkylation sites (tertiary alicyclic amines) is 1. The topological polar surface area (TPSA) is 57.6 Å². The van der Waals surface area contributed by atoms with Gasteiger partial charge >= 0.3 is 5.97 Å². The summed E-state index contributed by atoms with van der Waals surface area (Å²) in [6, 6.07) is -0.570. The molecule has 15 heavy (non-hydrogen) atoms. The minimum Gasteiger partial charge on any atom is -0.480 e. The summed E-state index contributed by atoms with van der Waals surface area (Å²) in [5.74, 6) is -0.232. The lowest BCUT2D eigenvalue weighted by Crippen LogP contribution is -2.48. The van der Waals surface area contributed by atoms with Crippen LogP contribution in [-0.4, -0.2) is 34.5 Å². The van der Waals surface area contributed by atoms with Crippen molar-refractivity contribution < 1.29 is 14.7 Å². The lowest BCUT2D eigenvalue weighted by molar-refractivity contribution is -0.152. The molecular weight excluding hydrogens is 194 g/mol. The first-order chi connectivity index (χ1) is 7.11. The third-order valence-corrected chi connectivity index (χ3v) is 3.50. The number of carboxylic acids is 1. The molecule has 2 aliphatic rings. The molecule has 1 aliphatic heterocycles. The standard InChI is InChI=1S/C11H17NO3/c1-7-6-8(7)10(13)12-5-3-2-4-9(12)11(14)15/h7-9H,2-6H2,1H3,(H,14,15)/t7-,8+,9+/m0/s1. The van der Waals surface area contributed by atoms with E-state index >= 15 is 0 Å². The van der Waals surface area contributed by atoms with E-state index in [-0.39, 0.29) is 11.8 Å². The molecule has 4 nitrogen and oxygen atoms in total. The van der Waals surface area contributed by atoms with E-state index in [1.54, 1.807) is 4.90 Å². The van der Waals surface area contributed by atoms with Crippen LogP contribution in [-0.2, 0) is 9.59 Å². The molecule has 1 saturated heterocycles. The van der Waals surface area contributed by atoms with E-state index in [1.807, 2.05) is 6.92 Å². The van der Waals surface area contributed by atoms with E-state index < -0.39 is 12.0 Å². The van der Waals surface area contributed by atoms with Crippen LogP contribution >= 0.6 is 0 Å². The molecular formula is C11H17NO3. The number of piperidine rings is 1. The van der Waals surface area contributed by atoms with Crippen LogP contribution < -0.4 is 0 Å². The van der Waals surface area contributed by atoms with Gasteiger partial charge in [0, 0.05) is 12.5 Å². The number of carboxylic acid groups (broad SMARTS) is 1. The van der Waals surface area contributed by atoms with Crippen molar-refractivity contribution in [1.82, 2.24) is 4.90 Å². The zero-order valence-corrected chi connectivity index (χ0v) is 8.98. The Hall–Kier alpha value is -1.06. The largest absolute Gasteiger partial charge is 0.480 e. The van der Waals surface area contributed by atoms with Gasteiger partial charge in [0.05, 0.1) is 0 Å². The van der Waals surface area contributed by atoms with Crippen molar-refractivity contribution in [2.75, 3.05) is 6.54 Å². The van der Waals surface area contributed by atoms with Gasteiger partial charge in [-0.3, -0.25) is 4.79 Å². The summed E-state index contributed by atoms with van der Waals surface area (Å²) >= 11 is 0. The third-order valence-electron chi connectivity index (χ3n) is 3.50. The maximum atomic E-state index is 11.9. The first-order valence-corrected chi connectivity index (χ1v) is 5.64. The summed E-state index contributed by atoms with van der Waals surface area (Å²) in [6.07, 6.45) is 3.40. The summed E-state index contributed by atoms with van der Waals surface area (Å²) < 4.78 is 0. The molecule has 1 heterocycles. The second-order valence-corrected chi connectivity index (χ2v) is 4.70. The molecule has 1 aliphatic carbocycles. The van der Waals surface area contributed by atoms with E-state index in [4.69, 9.17) is 5.11 Å². The minimum absolute atomic E-state index is 0.0644. The van der Waals surface area contributed by atoms with Gasteiger partial charge in [0.15, 0.2) is 0 Å². The van der Waals surface area contributed by atoms with Crippen molar-refractivity contribution in [2.24, 2.45) is 11.8 Å². The predicted molar refractivity (Wildman–Crippen MR) is 54.3 cm³/mol. The van der Waals surface area contributed by atoms with E-state index in [1.165, 1.54) is 0 Å². The Morgan fingerprint density at radius 1 is 1.33 bits per heavy atom. The Bertz CT molecular complexity index is 290. The molecule has 2 rings (SSSR count). The molecule has 0 spiro atoms. The Morgan fingerprint density at radius 2 is 2.00 bits per heavy atom. The van der Waals surface area contributed by atoms with Crippen LogP contribution in [0.5, 0.6) is 0 Å². The maximum Gasteiger partial charge on any atom is 0.326 e. The number of aliphatic carboxylic acids is 1. The quantitative estimate of drug-likeness (QED) is 0.744. The van der Waals surface area contributed by atoms with Crippen LogP contribution in [0.25, 0.3) is 0 Å². The SMILES string of the molecule is C[C@H]1C[C@H]1C(=O)N1CCCC[C@@H]1C(=O)O. The van der Waals surface area contributed by atoms with Gasteiger partial charge in [0.25, 0.3) is 0 Å². The lowest BCUT2D eigenvalue weighted by Gasteiger charge is -2.33. The lowest BCUT2D eigenvalue weighted by atomic mass is 10.0. The highest BCUT2D eigenvalue weighted by atomic mass is 16.4. The van der Waals surface area contributed by atoms with Crippen LogP contribution in [0.15, 0.2) is 0 Å². The Balaban J connectivity index is 2.04. The Kier molecular flexibility index (Phi) is 2.67.